The Labute approximate surface area is 159 Å². The number of hydrogen-bond acceptors (Lipinski definition) is 3. The third-order valence-electron chi connectivity index (χ3n) is 3.65. The van der Waals surface area contributed by atoms with E-state index in [1.165, 1.54) is 0 Å². The van der Waals surface area contributed by atoms with Gasteiger partial charge in [0.05, 0.1) is 17.3 Å². The molecule has 2 aromatic carbocycles. The van der Waals surface area contributed by atoms with Crippen molar-refractivity contribution in [1.29, 1.82) is 0 Å². The smallest absolute Gasteiger partial charge is 0.243 e. The number of halogens is 1. The van der Waals surface area contributed by atoms with Crippen LogP contribution in [0.3, 0.4) is 0 Å². The Morgan fingerprint density at radius 2 is 1.69 bits per heavy atom. The molecule has 0 aliphatic rings. The van der Waals surface area contributed by atoms with Gasteiger partial charge in [-0.15, -0.1) is 0 Å². The Kier molecular flexibility index (Phi) is 6.27. The Bertz CT molecular complexity index is 813. The van der Waals surface area contributed by atoms with E-state index in [4.69, 9.17) is 11.6 Å². The first kappa shape index (κ1) is 19.8. The van der Waals surface area contributed by atoms with E-state index >= 15 is 0 Å². The van der Waals surface area contributed by atoms with E-state index in [0.717, 1.165) is 11.3 Å². The summed E-state index contributed by atoms with van der Waals surface area (Å²) < 4.78 is 0. The highest BCUT2D eigenvalue weighted by molar-refractivity contribution is 6.33. The molecule has 0 bridgehead atoms. The van der Waals surface area contributed by atoms with Crippen LogP contribution in [0.1, 0.15) is 26.3 Å². The molecule has 0 aromatic heterocycles. The summed E-state index contributed by atoms with van der Waals surface area (Å²) in [4.78, 5) is 24.2. The van der Waals surface area contributed by atoms with Crippen molar-refractivity contribution in [2.45, 2.75) is 27.7 Å². The van der Waals surface area contributed by atoms with Gasteiger partial charge in [0, 0.05) is 16.8 Å². The van der Waals surface area contributed by atoms with Crippen LogP contribution in [-0.2, 0) is 9.59 Å². The molecule has 2 amide bonds. The number of benzene rings is 2. The predicted octanol–water partition coefficient (Wildman–Crippen LogP) is 4.68. The maximum atomic E-state index is 12.1. The van der Waals surface area contributed by atoms with Crippen LogP contribution in [-0.4, -0.2) is 18.4 Å². The van der Waals surface area contributed by atoms with Gasteiger partial charge in [-0.3, -0.25) is 9.59 Å². The van der Waals surface area contributed by atoms with Crippen molar-refractivity contribution in [2.75, 3.05) is 22.5 Å². The molecule has 0 saturated heterocycles. The van der Waals surface area contributed by atoms with E-state index in [1.54, 1.807) is 24.3 Å². The normalized spacial score (nSPS) is 11.0. The van der Waals surface area contributed by atoms with Crippen molar-refractivity contribution < 1.29 is 9.59 Å². The summed E-state index contributed by atoms with van der Waals surface area (Å²) in [7, 11) is 0. The molecule has 2 rings (SSSR count). The number of carbonyl (C=O) groups excluding carboxylic acids is 2. The predicted molar refractivity (Wildman–Crippen MR) is 108 cm³/mol. The van der Waals surface area contributed by atoms with Gasteiger partial charge in [-0.25, -0.2) is 0 Å². The van der Waals surface area contributed by atoms with Gasteiger partial charge in [0.25, 0.3) is 0 Å². The van der Waals surface area contributed by atoms with Gasteiger partial charge >= 0.3 is 0 Å². The second-order valence-corrected chi connectivity index (χ2v) is 7.58. The molecule has 0 radical (unpaired) electrons. The lowest BCUT2D eigenvalue weighted by molar-refractivity contribution is -0.123. The number of carbonyl (C=O) groups is 2. The Morgan fingerprint density at radius 3 is 2.35 bits per heavy atom. The van der Waals surface area contributed by atoms with Gasteiger partial charge in [0.2, 0.25) is 11.8 Å². The first-order valence-electron chi connectivity index (χ1n) is 8.36. The van der Waals surface area contributed by atoms with Crippen LogP contribution in [0, 0.1) is 12.3 Å². The molecule has 0 fully saturated rings. The average Bonchev–Trinajstić information content (AvgIpc) is 2.55. The molecule has 0 spiro atoms. The summed E-state index contributed by atoms with van der Waals surface area (Å²) in [5, 5.41) is 9.18. The summed E-state index contributed by atoms with van der Waals surface area (Å²) in [6.07, 6.45) is 0. The molecule has 6 heteroatoms. The van der Waals surface area contributed by atoms with Gasteiger partial charge in [-0.2, -0.15) is 0 Å². The lowest BCUT2D eigenvalue weighted by atomic mass is 9.95. The molecular formula is C20H24ClN3O2. The van der Waals surface area contributed by atoms with Crippen LogP contribution in [0.15, 0.2) is 42.5 Å². The van der Waals surface area contributed by atoms with Crippen molar-refractivity contribution in [2.24, 2.45) is 5.41 Å². The van der Waals surface area contributed by atoms with E-state index in [2.05, 4.69) is 16.0 Å². The Morgan fingerprint density at radius 1 is 1.00 bits per heavy atom. The maximum Gasteiger partial charge on any atom is 0.243 e. The van der Waals surface area contributed by atoms with E-state index in [-0.39, 0.29) is 18.4 Å². The summed E-state index contributed by atoms with van der Waals surface area (Å²) in [6, 6.07) is 12.7. The lowest BCUT2D eigenvalue weighted by Crippen LogP contribution is -2.27. The van der Waals surface area contributed by atoms with Crippen molar-refractivity contribution in [3.05, 3.63) is 53.1 Å². The molecule has 3 N–H and O–H groups in total. The van der Waals surface area contributed by atoms with Gasteiger partial charge in [-0.1, -0.05) is 44.5 Å². The van der Waals surface area contributed by atoms with Crippen LogP contribution >= 0.6 is 11.6 Å². The third-order valence-corrected chi connectivity index (χ3v) is 3.97. The Balaban J connectivity index is 1.93. The summed E-state index contributed by atoms with van der Waals surface area (Å²) in [5.74, 6) is -0.277. The minimum atomic E-state index is -0.476. The highest BCUT2D eigenvalue weighted by atomic mass is 35.5. The molecule has 0 heterocycles. The van der Waals surface area contributed by atoms with Gasteiger partial charge in [0.1, 0.15) is 0 Å². The standard InChI is InChI=1S/C20H24ClN3O2/c1-13-8-9-17(16(21)10-13)24-18(25)12-22-14-6-5-7-15(11-14)23-19(26)20(2,3)4/h5-11,22H,12H2,1-4H3,(H,23,26)(H,24,25). The van der Waals surface area contributed by atoms with Gasteiger partial charge in [-0.05, 0) is 42.8 Å². The van der Waals surface area contributed by atoms with E-state index < -0.39 is 5.41 Å². The molecule has 0 atom stereocenters. The van der Waals surface area contributed by atoms with Crippen LogP contribution in [0.5, 0.6) is 0 Å². The second kappa shape index (κ2) is 8.23. The number of rotatable bonds is 5. The zero-order valence-electron chi connectivity index (χ0n) is 15.4. The monoisotopic (exact) mass is 373 g/mol. The molecule has 5 nitrogen and oxygen atoms in total. The fourth-order valence-electron chi connectivity index (χ4n) is 2.12. The quantitative estimate of drug-likeness (QED) is 0.712. The van der Waals surface area contributed by atoms with Crippen molar-refractivity contribution in [3.63, 3.8) is 0 Å². The first-order chi connectivity index (χ1) is 12.1. The van der Waals surface area contributed by atoms with E-state index in [9.17, 15) is 9.59 Å². The summed E-state index contributed by atoms with van der Waals surface area (Å²) in [6.45, 7) is 7.58. The first-order valence-corrected chi connectivity index (χ1v) is 8.74. The van der Waals surface area contributed by atoms with E-state index in [0.29, 0.717) is 16.4 Å². The van der Waals surface area contributed by atoms with Crippen LogP contribution in [0.25, 0.3) is 0 Å². The van der Waals surface area contributed by atoms with Crippen molar-refractivity contribution >= 4 is 40.5 Å². The van der Waals surface area contributed by atoms with Gasteiger partial charge in [0.15, 0.2) is 0 Å². The molecule has 0 aliphatic heterocycles. The second-order valence-electron chi connectivity index (χ2n) is 7.17. The minimum absolute atomic E-state index is 0.0681. The summed E-state index contributed by atoms with van der Waals surface area (Å²) >= 11 is 6.12. The summed E-state index contributed by atoms with van der Waals surface area (Å²) in [5.41, 5.74) is 2.55. The molecule has 138 valence electrons. The van der Waals surface area contributed by atoms with E-state index in [1.807, 2.05) is 45.9 Å². The van der Waals surface area contributed by atoms with Crippen LogP contribution in [0.2, 0.25) is 5.02 Å². The number of aryl methyl sites for hydroxylation is 1. The SMILES string of the molecule is Cc1ccc(NC(=O)CNc2cccc(NC(=O)C(C)(C)C)c2)c(Cl)c1. The molecule has 0 aliphatic carbocycles. The molecule has 0 saturated carbocycles. The van der Waals surface area contributed by atoms with Gasteiger partial charge < -0.3 is 16.0 Å². The zero-order chi connectivity index (χ0) is 19.3. The average molecular weight is 374 g/mol. The van der Waals surface area contributed by atoms with Crippen LogP contribution < -0.4 is 16.0 Å². The topological polar surface area (TPSA) is 70.2 Å². The number of amides is 2. The minimum Gasteiger partial charge on any atom is -0.376 e. The third kappa shape index (κ3) is 5.77. The highest BCUT2D eigenvalue weighted by Crippen LogP contribution is 2.23. The van der Waals surface area contributed by atoms with Crippen molar-refractivity contribution in [1.82, 2.24) is 0 Å². The molecule has 2 aromatic rings. The number of anilines is 3. The largest absolute Gasteiger partial charge is 0.376 e. The van der Waals surface area contributed by atoms with Crippen molar-refractivity contribution in [3.8, 4) is 0 Å². The Hall–Kier alpha value is -2.53. The number of hydrogen-bond donors (Lipinski definition) is 3. The maximum absolute atomic E-state index is 12.1. The lowest BCUT2D eigenvalue weighted by Gasteiger charge is -2.18. The fourth-order valence-corrected chi connectivity index (χ4v) is 2.41. The molecule has 0 unspecified atom stereocenters. The zero-order valence-corrected chi connectivity index (χ0v) is 16.2. The molecular weight excluding hydrogens is 350 g/mol. The highest BCUT2D eigenvalue weighted by Gasteiger charge is 2.21. The fraction of sp³-hybridized carbons (Fsp3) is 0.300. The van der Waals surface area contributed by atoms with Crippen LogP contribution in [0.4, 0.5) is 17.1 Å². The molecule has 26 heavy (non-hydrogen) atoms. The number of nitrogens with one attached hydrogen (secondary N) is 3.